The van der Waals surface area contributed by atoms with E-state index in [-0.39, 0.29) is 10.8 Å². The fraction of sp³-hybridized carbons (Fsp3) is 0.759. The summed E-state index contributed by atoms with van der Waals surface area (Å²) in [5, 5.41) is 0. The Kier molecular flexibility index (Phi) is 5.52. The lowest BCUT2D eigenvalue weighted by Gasteiger charge is -2.56. The molecule has 0 heterocycles. The Labute approximate surface area is 185 Å². The number of carbonyl (C=O) groups is 1. The van der Waals surface area contributed by atoms with Gasteiger partial charge >= 0.3 is 0 Å². The largest absolute Gasteiger partial charge is 0.299 e. The van der Waals surface area contributed by atoms with Crippen LogP contribution in [0.3, 0.4) is 0 Å². The molecule has 0 aromatic heterocycles. The monoisotopic (exact) mass is 408 g/mol. The van der Waals surface area contributed by atoms with E-state index in [2.05, 4.69) is 66.7 Å². The van der Waals surface area contributed by atoms with Gasteiger partial charge in [0, 0.05) is 11.8 Å². The molecule has 1 nitrogen and oxygen atoms in total. The Morgan fingerprint density at radius 1 is 1.00 bits per heavy atom. The van der Waals surface area contributed by atoms with E-state index in [9.17, 15) is 4.79 Å². The molecule has 0 unspecified atom stereocenters. The number of Topliss-reactive ketones (excluding diaryl/α,β-unsaturated/α-hetero) is 1. The molecule has 0 spiro atoms. The van der Waals surface area contributed by atoms with Crippen LogP contribution in [0.25, 0.3) is 0 Å². The Balaban J connectivity index is 1.60. The van der Waals surface area contributed by atoms with Gasteiger partial charge in [0.2, 0.25) is 0 Å². The minimum Gasteiger partial charge on any atom is -0.299 e. The second kappa shape index (κ2) is 7.49. The number of ketones is 1. The maximum atomic E-state index is 12.7. The average Bonchev–Trinajstić information content (AvgIpc) is 3.02. The first-order valence-corrected chi connectivity index (χ1v) is 12.7. The number of carbonyl (C=O) groups excluding carboxylic acids is 1. The van der Waals surface area contributed by atoms with E-state index in [0.29, 0.717) is 17.1 Å². The first-order valence-electron chi connectivity index (χ1n) is 12.7. The summed E-state index contributed by atoms with van der Waals surface area (Å²) in [5.41, 5.74) is 4.91. The van der Waals surface area contributed by atoms with E-state index in [1.807, 2.05) is 0 Å². The zero-order chi connectivity index (χ0) is 21.9. The topological polar surface area (TPSA) is 17.1 Å². The Bertz CT molecular complexity index is 806. The molecule has 30 heavy (non-hydrogen) atoms. The van der Waals surface area contributed by atoms with Crippen molar-refractivity contribution < 1.29 is 4.79 Å². The smallest absolute Gasteiger partial charge is 0.142 e. The second-order valence-electron chi connectivity index (χ2n) is 12.4. The quantitative estimate of drug-likeness (QED) is 0.449. The van der Waals surface area contributed by atoms with Crippen molar-refractivity contribution >= 4 is 5.78 Å². The van der Waals surface area contributed by atoms with Crippen LogP contribution < -0.4 is 0 Å². The van der Waals surface area contributed by atoms with Gasteiger partial charge in [0.1, 0.15) is 5.78 Å². The van der Waals surface area contributed by atoms with Crippen molar-refractivity contribution in [3.63, 3.8) is 0 Å². The number of hydrogen-bond donors (Lipinski definition) is 0. The molecular weight excluding hydrogens is 364 g/mol. The lowest BCUT2D eigenvalue weighted by molar-refractivity contribution is -0.129. The van der Waals surface area contributed by atoms with Gasteiger partial charge in [0.15, 0.2) is 0 Å². The third kappa shape index (κ3) is 3.21. The number of allylic oxidation sites excluding steroid dienone is 6. The average molecular weight is 409 g/mol. The van der Waals surface area contributed by atoms with Crippen LogP contribution in [0, 0.1) is 39.9 Å². The van der Waals surface area contributed by atoms with Gasteiger partial charge in [-0.25, -0.2) is 0 Å². The molecule has 4 rings (SSSR count). The fourth-order valence-corrected chi connectivity index (χ4v) is 7.89. The normalized spacial score (nSPS) is 38.3. The molecule has 0 aliphatic heterocycles. The van der Waals surface area contributed by atoms with E-state index >= 15 is 0 Å². The lowest BCUT2D eigenvalue weighted by Crippen LogP contribution is -2.49. The summed E-state index contributed by atoms with van der Waals surface area (Å²) in [4.78, 5) is 12.7. The summed E-state index contributed by atoms with van der Waals surface area (Å²) in [6.45, 7) is 16.6. The Morgan fingerprint density at radius 2 is 1.73 bits per heavy atom. The number of hydrogen-bond acceptors (Lipinski definition) is 1. The number of rotatable bonds is 5. The van der Waals surface area contributed by atoms with Gasteiger partial charge in [0.25, 0.3) is 0 Å². The van der Waals surface area contributed by atoms with Crippen LogP contribution in [0.2, 0.25) is 0 Å². The predicted molar refractivity (Wildman–Crippen MR) is 127 cm³/mol. The highest BCUT2D eigenvalue weighted by molar-refractivity contribution is 5.89. The van der Waals surface area contributed by atoms with Gasteiger partial charge in [-0.2, -0.15) is 0 Å². The lowest BCUT2D eigenvalue weighted by atomic mass is 9.48. The van der Waals surface area contributed by atoms with Crippen LogP contribution in [-0.2, 0) is 4.79 Å². The molecular formula is C29H44O. The second-order valence-corrected chi connectivity index (χ2v) is 12.4. The highest BCUT2D eigenvalue weighted by Crippen LogP contribution is 2.65. The Hall–Kier alpha value is -1.11. The summed E-state index contributed by atoms with van der Waals surface area (Å²) in [5.74, 6) is 3.44. The van der Waals surface area contributed by atoms with Crippen LogP contribution in [0.4, 0.5) is 0 Å². The highest BCUT2D eigenvalue weighted by Gasteiger charge is 2.56. The van der Waals surface area contributed by atoms with E-state index in [0.717, 1.165) is 30.6 Å². The SMILES string of the molecule is CC(C)CCC[C@@H](C)[C@H]1CC=C2C3=CC=C4C(C)(C)C(=O)CC[C@]4(C)[C@H]3CC[C@@]21C. The first-order chi connectivity index (χ1) is 14.0. The summed E-state index contributed by atoms with van der Waals surface area (Å²) in [7, 11) is 0. The van der Waals surface area contributed by atoms with Crippen molar-refractivity contribution in [2.24, 2.45) is 39.9 Å². The molecule has 0 aromatic carbocycles. The first kappa shape index (κ1) is 22.1. The van der Waals surface area contributed by atoms with E-state index in [4.69, 9.17) is 0 Å². The minimum absolute atomic E-state index is 0.157. The predicted octanol–water partition coefficient (Wildman–Crippen LogP) is 8.07. The standard InChI is InChI=1S/C29H44O/c1-19(2)9-8-10-20(3)22-12-13-23-21-11-14-25-27(4,5)26(30)16-18-29(25,7)24(21)15-17-28(22,23)6/h11,13-14,19-20,22,24H,8-10,12,15-18H2,1-7H3/t20-,22-,24+,28-,29-/m1/s1. The minimum atomic E-state index is -0.298. The third-order valence-corrected chi connectivity index (χ3v) is 9.83. The van der Waals surface area contributed by atoms with Crippen LogP contribution in [-0.4, -0.2) is 5.78 Å². The molecule has 0 N–H and O–H groups in total. The summed E-state index contributed by atoms with van der Waals surface area (Å²) >= 11 is 0. The molecule has 1 heteroatoms. The Morgan fingerprint density at radius 3 is 2.43 bits per heavy atom. The maximum Gasteiger partial charge on any atom is 0.142 e. The molecule has 0 radical (unpaired) electrons. The molecule has 4 aliphatic rings. The molecule has 0 bridgehead atoms. The molecule has 4 aliphatic carbocycles. The third-order valence-electron chi connectivity index (χ3n) is 9.83. The van der Waals surface area contributed by atoms with E-state index in [1.165, 1.54) is 44.1 Å². The van der Waals surface area contributed by atoms with E-state index in [1.54, 1.807) is 11.1 Å². The summed E-state index contributed by atoms with van der Waals surface area (Å²) < 4.78 is 0. The van der Waals surface area contributed by atoms with Gasteiger partial charge in [-0.3, -0.25) is 4.79 Å². The van der Waals surface area contributed by atoms with Crippen LogP contribution in [0.1, 0.15) is 99.8 Å². The van der Waals surface area contributed by atoms with Crippen molar-refractivity contribution in [2.45, 2.75) is 99.8 Å². The molecule has 2 fully saturated rings. The van der Waals surface area contributed by atoms with Crippen LogP contribution in [0.5, 0.6) is 0 Å². The summed E-state index contributed by atoms with van der Waals surface area (Å²) in [6, 6.07) is 0. The van der Waals surface area contributed by atoms with Crippen molar-refractivity contribution in [3.8, 4) is 0 Å². The fourth-order valence-electron chi connectivity index (χ4n) is 7.89. The molecule has 2 saturated carbocycles. The van der Waals surface area contributed by atoms with Gasteiger partial charge in [-0.15, -0.1) is 0 Å². The molecule has 0 saturated heterocycles. The van der Waals surface area contributed by atoms with Crippen molar-refractivity contribution in [1.82, 2.24) is 0 Å². The van der Waals surface area contributed by atoms with Gasteiger partial charge in [-0.1, -0.05) is 77.7 Å². The summed E-state index contributed by atoms with van der Waals surface area (Å²) in [6.07, 6.45) is 17.1. The molecule has 5 atom stereocenters. The van der Waals surface area contributed by atoms with Crippen molar-refractivity contribution in [3.05, 3.63) is 34.9 Å². The zero-order valence-corrected chi connectivity index (χ0v) is 20.6. The zero-order valence-electron chi connectivity index (χ0n) is 20.6. The van der Waals surface area contributed by atoms with Crippen molar-refractivity contribution in [2.75, 3.05) is 0 Å². The van der Waals surface area contributed by atoms with Gasteiger partial charge in [-0.05, 0) is 85.2 Å². The highest BCUT2D eigenvalue weighted by atomic mass is 16.1. The number of fused-ring (bicyclic) bond motifs is 5. The molecule has 0 aromatic rings. The van der Waals surface area contributed by atoms with Crippen LogP contribution in [0.15, 0.2) is 34.9 Å². The van der Waals surface area contributed by atoms with E-state index < -0.39 is 0 Å². The van der Waals surface area contributed by atoms with Crippen molar-refractivity contribution in [1.29, 1.82) is 0 Å². The maximum absolute atomic E-state index is 12.7. The molecule has 166 valence electrons. The molecule has 0 amide bonds. The van der Waals surface area contributed by atoms with Gasteiger partial charge < -0.3 is 0 Å². The van der Waals surface area contributed by atoms with Gasteiger partial charge in [0.05, 0.1) is 0 Å². The van der Waals surface area contributed by atoms with Crippen LogP contribution >= 0.6 is 0 Å².